The largest absolute Gasteiger partial charge is 0.405 e. The number of urea groups is 1. The van der Waals surface area contributed by atoms with Gasteiger partial charge in [-0.1, -0.05) is 12.1 Å². The van der Waals surface area contributed by atoms with Gasteiger partial charge >= 0.3 is 12.2 Å². The number of nitrogens with one attached hydrogen (secondary N) is 3. The SMILES string of the molecule is O=C(NCC(F)(F)F)Nc1cccc(-c2cnc3cc(CNOCCCN4CCOCC4)ccn23)c1. The van der Waals surface area contributed by atoms with Crippen LogP contribution in [0.3, 0.4) is 0 Å². The van der Waals surface area contributed by atoms with Crippen LogP contribution < -0.4 is 16.1 Å². The van der Waals surface area contributed by atoms with Crippen molar-refractivity contribution in [1.82, 2.24) is 25.1 Å². The van der Waals surface area contributed by atoms with Crippen LogP contribution in [0.2, 0.25) is 0 Å². The molecule has 0 radical (unpaired) electrons. The lowest BCUT2D eigenvalue weighted by Gasteiger charge is -2.26. The third-order valence-electron chi connectivity index (χ3n) is 5.65. The lowest BCUT2D eigenvalue weighted by atomic mass is 10.1. The highest BCUT2D eigenvalue weighted by Crippen LogP contribution is 2.24. The van der Waals surface area contributed by atoms with E-state index in [4.69, 9.17) is 9.57 Å². The van der Waals surface area contributed by atoms with Crippen LogP contribution in [0.1, 0.15) is 12.0 Å². The first kappa shape index (κ1) is 25.9. The van der Waals surface area contributed by atoms with E-state index in [-0.39, 0.29) is 0 Å². The number of hydrogen-bond acceptors (Lipinski definition) is 6. The molecule has 36 heavy (non-hydrogen) atoms. The summed E-state index contributed by atoms with van der Waals surface area (Å²) in [7, 11) is 0. The van der Waals surface area contributed by atoms with Gasteiger partial charge in [-0.2, -0.15) is 18.7 Å². The number of amides is 2. The van der Waals surface area contributed by atoms with E-state index >= 15 is 0 Å². The van der Waals surface area contributed by atoms with E-state index in [1.165, 1.54) is 0 Å². The van der Waals surface area contributed by atoms with Crippen molar-refractivity contribution in [3.8, 4) is 11.3 Å². The van der Waals surface area contributed by atoms with Gasteiger partial charge in [0, 0.05) is 43.6 Å². The summed E-state index contributed by atoms with van der Waals surface area (Å²) >= 11 is 0. The average molecular weight is 507 g/mol. The highest BCUT2D eigenvalue weighted by atomic mass is 19.4. The molecule has 1 aliphatic heterocycles. The first-order valence-corrected chi connectivity index (χ1v) is 11.7. The highest BCUT2D eigenvalue weighted by Gasteiger charge is 2.27. The highest BCUT2D eigenvalue weighted by molar-refractivity contribution is 5.90. The van der Waals surface area contributed by atoms with Crippen LogP contribution in [0.5, 0.6) is 0 Å². The van der Waals surface area contributed by atoms with E-state index in [1.54, 1.807) is 29.7 Å². The summed E-state index contributed by atoms with van der Waals surface area (Å²) in [5.74, 6) is 0. The summed E-state index contributed by atoms with van der Waals surface area (Å²) in [4.78, 5) is 24.2. The maximum atomic E-state index is 12.3. The van der Waals surface area contributed by atoms with E-state index < -0.39 is 18.8 Å². The van der Waals surface area contributed by atoms with Gasteiger partial charge < -0.3 is 20.2 Å². The molecule has 12 heteroatoms. The molecule has 1 aromatic carbocycles. The zero-order valence-corrected chi connectivity index (χ0v) is 19.7. The summed E-state index contributed by atoms with van der Waals surface area (Å²) in [6.45, 7) is 4.26. The molecule has 1 saturated heterocycles. The number of carbonyl (C=O) groups is 1. The number of alkyl halides is 3. The number of halogens is 3. The number of hydrogen-bond donors (Lipinski definition) is 3. The zero-order valence-electron chi connectivity index (χ0n) is 19.7. The molecular formula is C24H29F3N6O3. The number of aromatic nitrogens is 2. The third kappa shape index (κ3) is 7.65. The predicted octanol–water partition coefficient (Wildman–Crippen LogP) is 3.43. The van der Waals surface area contributed by atoms with Gasteiger partial charge in [0.1, 0.15) is 12.2 Å². The zero-order chi connectivity index (χ0) is 25.4. The Bertz CT molecular complexity index is 1150. The van der Waals surface area contributed by atoms with Crippen LogP contribution in [0.25, 0.3) is 16.9 Å². The first-order chi connectivity index (χ1) is 17.4. The summed E-state index contributed by atoms with van der Waals surface area (Å²) in [6, 6.07) is 9.80. The van der Waals surface area contributed by atoms with Crippen LogP contribution >= 0.6 is 0 Å². The van der Waals surface area contributed by atoms with Gasteiger partial charge in [0.15, 0.2) is 0 Å². The van der Waals surface area contributed by atoms with Crippen molar-refractivity contribution in [1.29, 1.82) is 0 Å². The van der Waals surface area contributed by atoms with Gasteiger partial charge in [0.25, 0.3) is 0 Å². The lowest BCUT2D eigenvalue weighted by Crippen LogP contribution is -2.37. The van der Waals surface area contributed by atoms with Crippen molar-refractivity contribution in [3.63, 3.8) is 0 Å². The van der Waals surface area contributed by atoms with Crippen LogP contribution in [0, 0.1) is 0 Å². The van der Waals surface area contributed by atoms with Crippen molar-refractivity contribution in [2.75, 3.05) is 51.3 Å². The second-order valence-corrected chi connectivity index (χ2v) is 8.39. The Labute approximate surface area is 206 Å². The van der Waals surface area contributed by atoms with E-state index in [9.17, 15) is 18.0 Å². The Hall–Kier alpha value is -3.19. The molecule has 3 aromatic rings. The molecule has 0 spiro atoms. The Balaban J connectivity index is 1.28. The Morgan fingerprint density at radius 1 is 1.17 bits per heavy atom. The Kier molecular flexibility index (Phi) is 8.75. The molecular weight excluding hydrogens is 477 g/mol. The minimum atomic E-state index is -4.47. The number of carbonyl (C=O) groups excluding carboxylic acids is 1. The summed E-state index contributed by atoms with van der Waals surface area (Å²) < 4.78 is 44.1. The van der Waals surface area contributed by atoms with Crippen LogP contribution in [0.15, 0.2) is 48.8 Å². The molecule has 2 aromatic heterocycles. The van der Waals surface area contributed by atoms with Crippen molar-refractivity contribution >= 4 is 17.4 Å². The summed E-state index contributed by atoms with van der Waals surface area (Å²) in [5.41, 5.74) is 6.63. The minimum Gasteiger partial charge on any atom is -0.379 e. The molecule has 194 valence electrons. The smallest absolute Gasteiger partial charge is 0.379 e. The predicted molar refractivity (Wildman–Crippen MR) is 128 cm³/mol. The second kappa shape index (κ2) is 12.2. The average Bonchev–Trinajstić information content (AvgIpc) is 3.29. The molecule has 0 aliphatic carbocycles. The molecule has 3 N–H and O–H groups in total. The van der Waals surface area contributed by atoms with Gasteiger partial charge in [0.05, 0.1) is 31.7 Å². The standard InChI is InChI=1S/C24H29F3N6O3/c25-24(26,27)17-29-23(34)31-20-4-1-3-19(14-20)21-16-28-22-13-18(5-7-33(21)22)15-30-36-10-2-6-32-8-11-35-12-9-32/h1,3-5,7,13-14,16,30H,2,6,8-12,15,17H2,(H2,29,31,34). The molecule has 9 nitrogen and oxygen atoms in total. The molecule has 0 saturated carbocycles. The monoisotopic (exact) mass is 506 g/mol. The number of ether oxygens (including phenoxy) is 1. The number of morpholine rings is 1. The summed E-state index contributed by atoms with van der Waals surface area (Å²) in [5, 5.41) is 4.21. The topological polar surface area (TPSA) is 92.2 Å². The Morgan fingerprint density at radius 3 is 2.81 bits per heavy atom. The van der Waals surface area contributed by atoms with E-state index in [1.807, 2.05) is 28.8 Å². The second-order valence-electron chi connectivity index (χ2n) is 8.39. The van der Waals surface area contributed by atoms with Crippen molar-refractivity contribution in [2.24, 2.45) is 0 Å². The minimum absolute atomic E-state index is 0.369. The van der Waals surface area contributed by atoms with Crippen molar-refractivity contribution in [3.05, 3.63) is 54.4 Å². The van der Waals surface area contributed by atoms with Crippen molar-refractivity contribution < 1.29 is 27.5 Å². The normalized spacial score (nSPS) is 14.8. The number of pyridine rings is 1. The molecule has 1 fully saturated rings. The quantitative estimate of drug-likeness (QED) is 0.288. The number of nitrogens with zero attached hydrogens (tertiary/aromatic N) is 3. The van der Waals surface area contributed by atoms with Crippen LogP contribution in [-0.4, -0.2) is 72.5 Å². The Morgan fingerprint density at radius 2 is 2.00 bits per heavy atom. The van der Waals surface area contributed by atoms with Crippen LogP contribution in [-0.2, 0) is 16.1 Å². The number of hydroxylamine groups is 1. The fourth-order valence-electron chi connectivity index (χ4n) is 3.85. The molecule has 0 atom stereocenters. The number of anilines is 1. The molecule has 3 heterocycles. The third-order valence-corrected chi connectivity index (χ3v) is 5.65. The molecule has 2 amide bonds. The molecule has 0 bridgehead atoms. The van der Waals surface area contributed by atoms with E-state index in [2.05, 4.69) is 20.7 Å². The maximum absolute atomic E-state index is 12.3. The van der Waals surface area contributed by atoms with Crippen molar-refractivity contribution in [2.45, 2.75) is 19.1 Å². The maximum Gasteiger partial charge on any atom is 0.405 e. The first-order valence-electron chi connectivity index (χ1n) is 11.7. The lowest BCUT2D eigenvalue weighted by molar-refractivity contribution is -0.122. The van der Waals surface area contributed by atoms with E-state index in [0.29, 0.717) is 18.8 Å². The fraction of sp³-hybridized carbons (Fsp3) is 0.417. The van der Waals surface area contributed by atoms with Gasteiger partial charge in [0.2, 0.25) is 0 Å². The van der Waals surface area contributed by atoms with Gasteiger partial charge in [-0.15, -0.1) is 0 Å². The summed E-state index contributed by atoms with van der Waals surface area (Å²) in [6.07, 6.45) is 0.0631. The number of benzene rings is 1. The molecule has 4 rings (SSSR count). The van der Waals surface area contributed by atoms with Crippen LogP contribution in [0.4, 0.5) is 23.7 Å². The number of fused-ring (bicyclic) bond motifs is 1. The molecule has 0 unspecified atom stereocenters. The van der Waals surface area contributed by atoms with Gasteiger partial charge in [-0.05, 0) is 36.2 Å². The van der Waals surface area contributed by atoms with Gasteiger partial charge in [-0.25, -0.2) is 9.78 Å². The van der Waals surface area contributed by atoms with Gasteiger partial charge in [-0.3, -0.25) is 9.30 Å². The number of rotatable bonds is 10. The fourth-order valence-corrected chi connectivity index (χ4v) is 3.85. The number of imidazole rings is 1. The molecule has 1 aliphatic rings. The van der Waals surface area contributed by atoms with E-state index in [0.717, 1.165) is 61.7 Å².